The SMILES string of the molecule is O=C(NCC1(c2ccccc2)CC1)c1ccc(OCC2CCCO2)cc1. The normalized spacial score (nSPS) is 20.5. The van der Waals surface area contributed by atoms with Gasteiger partial charge in [-0.2, -0.15) is 0 Å². The summed E-state index contributed by atoms with van der Waals surface area (Å²) >= 11 is 0. The van der Waals surface area contributed by atoms with E-state index in [9.17, 15) is 4.79 Å². The number of carbonyl (C=O) groups excluding carboxylic acids is 1. The van der Waals surface area contributed by atoms with E-state index in [0.717, 1.165) is 38.0 Å². The first kappa shape index (κ1) is 17.1. The van der Waals surface area contributed by atoms with Crippen molar-refractivity contribution < 1.29 is 14.3 Å². The summed E-state index contributed by atoms with van der Waals surface area (Å²) in [6, 6.07) is 17.8. The second kappa shape index (κ2) is 7.50. The smallest absolute Gasteiger partial charge is 0.251 e. The maximum absolute atomic E-state index is 12.5. The lowest BCUT2D eigenvalue weighted by atomic mass is 9.96. The molecule has 136 valence electrons. The fraction of sp³-hybridized carbons (Fsp3) is 0.409. The zero-order chi connectivity index (χ0) is 17.8. The molecule has 1 amide bonds. The number of benzene rings is 2. The third-order valence-corrected chi connectivity index (χ3v) is 5.40. The minimum atomic E-state index is -0.0297. The lowest BCUT2D eigenvalue weighted by Crippen LogP contribution is -2.32. The molecular weight excluding hydrogens is 326 g/mol. The molecule has 0 bridgehead atoms. The van der Waals surface area contributed by atoms with Crippen LogP contribution in [0.5, 0.6) is 5.75 Å². The van der Waals surface area contributed by atoms with Gasteiger partial charge in [-0.25, -0.2) is 0 Å². The topological polar surface area (TPSA) is 47.6 Å². The van der Waals surface area contributed by atoms with Crippen LogP contribution in [0.3, 0.4) is 0 Å². The van der Waals surface area contributed by atoms with Gasteiger partial charge >= 0.3 is 0 Å². The van der Waals surface area contributed by atoms with Crippen LogP contribution >= 0.6 is 0 Å². The third kappa shape index (κ3) is 3.91. The summed E-state index contributed by atoms with van der Waals surface area (Å²) in [6.45, 7) is 2.09. The third-order valence-electron chi connectivity index (χ3n) is 5.40. The molecule has 2 aromatic rings. The van der Waals surface area contributed by atoms with Gasteiger partial charge in [0.25, 0.3) is 5.91 Å². The number of ether oxygens (including phenoxy) is 2. The number of hydrogen-bond acceptors (Lipinski definition) is 3. The average molecular weight is 351 g/mol. The Morgan fingerprint density at radius 3 is 2.54 bits per heavy atom. The summed E-state index contributed by atoms with van der Waals surface area (Å²) in [5.41, 5.74) is 2.11. The minimum absolute atomic E-state index is 0.0297. The summed E-state index contributed by atoms with van der Waals surface area (Å²) in [7, 11) is 0. The predicted molar refractivity (Wildman–Crippen MR) is 101 cm³/mol. The Morgan fingerprint density at radius 2 is 1.88 bits per heavy atom. The molecule has 0 aromatic heterocycles. The maximum Gasteiger partial charge on any atom is 0.251 e. The highest BCUT2D eigenvalue weighted by atomic mass is 16.5. The van der Waals surface area contributed by atoms with Gasteiger partial charge in [-0.1, -0.05) is 30.3 Å². The molecule has 0 radical (unpaired) electrons. The summed E-state index contributed by atoms with van der Waals surface area (Å²) in [4.78, 5) is 12.5. The number of rotatable bonds is 7. The molecule has 4 heteroatoms. The Hall–Kier alpha value is -2.33. The van der Waals surface area contributed by atoms with Crippen molar-refractivity contribution in [1.82, 2.24) is 5.32 Å². The van der Waals surface area contributed by atoms with E-state index in [1.807, 2.05) is 30.3 Å². The van der Waals surface area contributed by atoms with Gasteiger partial charge in [-0.05, 0) is 55.5 Å². The van der Waals surface area contributed by atoms with Crippen LogP contribution in [0.4, 0.5) is 0 Å². The first-order valence-corrected chi connectivity index (χ1v) is 9.43. The Morgan fingerprint density at radius 1 is 1.12 bits per heavy atom. The van der Waals surface area contributed by atoms with Gasteiger partial charge in [0, 0.05) is 24.1 Å². The van der Waals surface area contributed by atoms with Gasteiger partial charge in [0.2, 0.25) is 0 Å². The maximum atomic E-state index is 12.5. The van der Waals surface area contributed by atoms with Crippen LogP contribution in [0.2, 0.25) is 0 Å². The predicted octanol–water partition coefficient (Wildman–Crippen LogP) is 3.71. The highest BCUT2D eigenvalue weighted by Crippen LogP contribution is 2.47. The van der Waals surface area contributed by atoms with Crippen molar-refractivity contribution in [2.24, 2.45) is 0 Å². The molecule has 1 saturated carbocycles. The molecule has 1 N–H and O–H groups in total. The molecule has 1 aliphatic carbocycles. The molecule has 4 nitrogen and oxygen atoms in total. The second-order valence-electron chi connectivity index (χ2n) is 7.30. The van der Waals surface area contributed by atoms with Gasteiger partial charge in [0.1, 0.15) is 12.4 Å². The highest BCUT2D eigenvalue weighted by Gasteiger charge is 2.44. The molecule has 26 heavy (non-hydrogen) atoms. The second-order valence-corrected chi connectivity index (χ2v) is 7.30. The van der Waals surface area contributed by atoms with Gasteiger partial charge < -0.3 is 14.8 Å². The fourth-order valence-electron chi connectivity index (χ4n) is 3.53. The van der Waals surface area contributed by atoms with Crippen molar-refractivity contribution in [3.05, 3.63) is 65.7 Å². The molecule has 1 saturated heterocycles. The minimum Gasteiger partial charge on any atom is -0.491 e. The van der Waals surface area contributed by atoms with Crippen molar-refractivity contribution in [2.75, 3.05) is 19.8 Å². The van der Waals surface area contributed by atoms with Crippen LogP contribution in [-0.4, -0.2) is 31.8 Å². The molecule has 1 atom stereocenters. The van der Waals surface area contributed by atoms with Crippen LogP contribution < -0.4 is 10.1 Å². The Bertz CT molecular complexity index is 732. The van der Waals surface area contributed by atoms with E-state index in [2.05, 4.69) is 29.6 Å². The Kier molecular flexibility index (Phi) is 4.93. The molecule has 2 aliphatic rings. The van der Waals surface area contributed by atoms with Gasteiger partial charge in [0.05, 0.1) is 6.10 Å². The van der Waals surface area contributed by atoms with Crippen LogP contribution in [0, 0.1) is 0 Å². The monoisotopic (exact) mass is 351 g/mol. The van der Waals surface area contributed by atoms with E-state index in [4.69, 9.17) is 9.47 Å². The zero-order valence-electron chi connectivity index (χ0n) is 14.9. The molecule has 2 aromatic carbocycles. The van der Waals surface area contributed by atoms with Crippen LogP contribution in [-0.2, 0) is 10.2 Å². The first-order chi connectivity index (χ1) is 12.8. The average Bonchev–Trinajstić information content (AvgIpc) is 3.31. The van der Waals surface area contributed by atoms with Crippen LogP contribution in [0.15, 0.2) is 54.6 Å². The van der Waals surface area contributed by atoms with E-state index in [0.29, 0.717) is 18.7 Å². The van der Waals surface area contributed by atoms with Gasteiger partial charge in [0.15, 0.2) is 0 Å². The van der Waals surface area contributed by atoms with E-state index >= 15 is 0 Å². The molecule has 1 aliphatic heterocycles. The summed E-state index contributed by atoms with van der Waals surface area (Å²) < 4.78 is 11.3. The quantitative estimate of drug-likeness (QED) is 0.827. The van der Waals surface area contributed by atoms with E-state index in [-0.39, 0.29) is 17.4 Å². The van der Waals surface area contributed by atoms with Crippen molar-refractivity contribution in [3.63, 3.8) is 0 Å². The molecule has 1 unspecified atom stereocenters. The number of hydrogen-bond donors (Lipinski definition) is 1. The number of carbonyl (C=O) groups is 1. The molecule has 4 rings (SSSR count). The van der Waals surface area contributed by atoms with Crippen molar-refractivity contribution in [1.29, 1.82) is 0 Å². The van der Waals surface area contributed by atoms with Crippen molar-refractivity contribution in [2.45, 2.75) is 37.2 Å². The number of amides is 1. The van der Waals surface area contributed by atoms with Crippen molar-refractivity contribution in [3.8, 4) is 5.75 Å². The van der Waals surface area contributed by atoms with E-state index in [1.165, 1.54) is 5.56 Å². The summed E-state index contributed by atoms with van der Waals surface area (Å²) in [5, 5.41) is 3.10. The molecular formula is C22H25NO3. The standard InChI is InChI=1S/C22H25NO3/c24-21(23-16-22(12-13-22)18-5-2-1-3-6-18)17-8-10-19(11-9-17)26-15-20-7-4-14-25-20/h1-3,5-6,8-11,20H,4,7,12-16H2,(H,23,24). The van der Waals surface area contributed by atoms with Gasteiger partial charge in [-0.3, -0.25) is 4.79 Å². The largest absolute Gasteiger partial charge is 0.491 e. The van der Waals surface area contributed by atoms with Gasteiger partial charge in [-0.15, -0.1) is 0 Å². The highest BCUT2D eigenvalue weighted by molar-refractivity contribution is 5.94. The Labute approximate surface area is 154 Å². The number of nitrogens with one attached hydrogen (secondary N) is 1. The summed E-state index contributed by atoms with van der Waals surface area (Å²) in [6.07, 6.45) is 4.63. The first-order valence-electron chi connectivity index (χ1n) is 9.43. The fourth-order valence-corrected chi connectivity index (χ4v) is 3.53. The van der Waals surface area contributed by atoms with Crippen molar-refractivity contribution >= 4 is 5.91 Å². The summed E-state index contributed by atoms with van der Waals surface area (Å²) in [5.74, 6) is 0.748. The molecule has 0 spiro atoms. The molecule has 1 heterocycles. The zero-order valence-corrected chi connectivity index (χ0v) is 14.9. The lowest BCUT2D eigenvalue weighted by Gasteiger charge is -2.17. The van der Waals surface area contributed by atoms with Crippen LogP contribution in [0.25, 0.3) is 0 Å². The molecule has 2 fully saturated rings. The van der Waals surface area contributed by atoms with Crippen LogP contribution in [0.1, 0.15) is 41.6 Å². The van der Waals surface area contributed by atoms with E-state index < -0.39 is 0 Å². The van der Waals surface area contributed by atoms with E-state index in [1.54, 1.807) is 0 Å². The lowest BCUT2D eigenvalue weighted by molar-refractivity contribution is 0.0679. The Balaban J connectivity index is 1.29.